The number of hydrogen-bond acceptors (Lipinski definition) is 4. The van der Waals surface area contributed by atoms with Crippen LogP contribution in [0.2, 0.25) is 5.15 Å². The molecule has 1 aromatic heterocycles. The summed E-state index contributed by atoms with van der Waals surface area (Å²) in [7, 11) is 0. The molecule has 0 bridgehead atoms. The monoisotopic (exact) mass is 260 g/mol. The van der Waals surface area contributed by atoms with Gasteiger partial charge in [-0.05, 0) is 12.3 Å². The molecule has 1 unspecified atom stereocenters. The van der Waals surface area contributed by atoms with Crippen LogP contribution < -0.4 is 0 Å². The van der Waals surface area contributed by atoms with Gasteiger partial charge in [0.1, 0.15) is 16.5 Å². The van der Waals surface area contributed by atoms with Gasteiger partial charge in [-0.3, -0.25) is 0 Å². The first-order valence-electron chi connectivity index (χ1n) is 5.34. The predicted molar refractivity (Wildman–Crippen MR) is 68.2 cm³/mol. The van der Waals surface area contributed by atoms with Gasteiger partial charge in [-0.15, -0.1) is 11.8 Å². The maximum Gasteiger partial charge on any atom is 0.137 e. The molecule has 0 radical (unpaired) electrons. The Bertz CT molecular complexity index is 347. The van der Waals surface area contributed by atoms with E-state index in [2.05, 4.69) is 30.7 Å². The lowest BCUT2D eigenvalue weighted by atomic mass is 10.1. The third kappa shape index (κ3) is 3.61. The fourth-order valence-corrected chi connectivity index (χ4v) is 2.95. The predicted octanol–water partition coefficient (Wildman–Crippen LogP) is 3.12. The number of halogens is 1. The SMILES string of the molecule is CC(CCO)Sc1ncnc(Cl)c1C(C)C. The van der Waals surface area contributed by atoms with Gasteiger partial charge < -0.3 is 5.11 Å². The molecule has 1 rings (SSSR count). The van der Waals surface area contributed by atoms with Crippen molar-refractivity contribution in [1.82, 2.24) is 9.97 Å². The first kappa shape index (κ1) is 13.7. The quantitative estimate of drug-likeness (QED) is 0.653. The minimum Gasteiger partial charge on any atom is -0.396 e. The van der Waals surface area contributed by atoms with Crippen molar-refractivity contribution < 1.29 is 5.11 Å². The third-order valence-corrected chi connectivity index (χ3v) is 3.71. The number of thioether (sulfide) groups is 1. The lowest BCUT2D eigenvalue weighted by molar-refractivity contribution is 0.289. The average molecular weight is 261 g/mol. The van der Waals surface area contributed by atoms with Gasteiger partial charge in [0, 0.05) is 17.4 Å². The highest BCUT2D eigenvalue weighted by Crippen LogP contribution is 2.33. The second kappa shape index (κ2) is 6.42. The molecule has 0 spiro atoms. The van der Waals surface area contributed by atoms with Gasteiger partial charge in [-0.1, -0.05) is 32.4 Å². The number of rotatable bonds is 5. The largest absolute Gasteiger partial charge is 0.396 e. The minimum atomic E-state index is 0.198. The zero-order chi connectivity index (χ0) is 12.1. The Morgan fingerprint density at radius 1 is 1.38 bits per heavy atom. The number of nitrogens with zero attached hydrogens (tertiary/aromatic N) is 2. The van der Waals surface area contributed by atoms with E-state index in [1.807, 2.05) is 0 Å². The van der Waals surface area contributed by atoms with Crippen molar-refractivity contribution in [2.45, 2.75) is 43.4 Å². The maximum absolute atomic E-state index is 8.88. The summed E-state index contributed by atoms with van der Waals surface area (Å²) in [6, 6.07) is 0. The van der Waals surface area contributed by atoms with Crippen molar-refractivity contribution >= 4 is 23.4 Å². The van der Waals surface area contributed by atoms with Crippen molar-refractivity contribution in [3.63, 3.8) is 0 Å². The normalized spacial score (nSPS) is 13.1. The molecule has 0 saturated heterocycles. The Morgan fingerprint density at radius 3 is 2.62 bits per heavy atom. The van der Waals surface area contributed by atoms with Crippen molar-refractivity contribution in [1.29, 1.82) is 0 Å². The molecule has 0 fully saturated rings. The van der Waals surface area contributed by atoms with Gasteiger partial charge in [0.05, 0.1) is 0 Å². The molecule has 0 saturated carbocycles. The van der Waals surface area contributed by atoms with Crippen LogP contribution in [-0.4, -0.2) is 26.9 Å². The summed E-state index contributed by atoms with van der Waals surface area (Å²) in [6.07, 6.45) is 2.24. The number of hydrogen-bond donors (Lipinski definition) is 1. The zero-order valence-corrected chi connectivity index (χ0v) is 11.3. The maximum atomic E-state index is 8.88. The second-order valence-corrected chi connectivity index (χ2v) is 5.76. The fraction of sp³-hybridized carbons (Fsp3) is 0.636. The fourth-order valence-electron chi connectivity index (χ4n) is 1.37. The molecule has 5 heteroatoms. The van der Waals surface area contributed by atoms with Gasteiger partial charge >= 0.3 is 0 Å². The highest BCUT2D eigenvalue weighted by Gasteiger charge is 2.16. The lowest BCUT2D eigenvalue weighted by Crippen LogP contribution is -2.04. The number of aliphatic hydroxyl groups is 1. The van der Waals surface area contributed by atoms with Crippen molar-refractivity contribution in [2.24, 2.45) is 0 Å². The standard InChI is InChI=1S/C11H17ClN2OS/c1-7(2)9-10(12)13-6-14-11(9)16-8(3)4-5-15/h6-8,15H,4-5H2,1-3H3. The van der Waals surface area contributed by atoms with E-state index >= 15 is 0 Å². The summed E-state index contributed by atoms with van der Waals surface area (Å²) in [4.78, 5) is 8.27. The summed E-state index contributed by atoms with van der Waals surface area (Å²) in [5, 5.41) is 10.7. The molecule has 90 valence electrons. The van der Waals surface area contributed by atoms with E-state index < -0.39 is 0 Å². The smallest absolute Gasteiger partial charge is 0.137 e. The van der Waals surface area contributed by atoms with Gasteiger partial charge in [0.25, 0.3) is 0 Å². The van der Waals surface area contributed by atoms with E-state index in [-0.39, 0.29) is 6.61 Å². The van der Waals surface area contributed by atoms with Gasteiger partial charge in [-0.2, -0.15) is 0 Å². The molecule has 1 N–H and O–H groups in total. The van der Waals surface area contributed by atoms with E-state index in [9.17, 15) is 0 Å². The van der Waals surface area contributed by atoms with E-state index in [0.29, 0.717) is 16.3 Å². The van der Waals surface area contributed by atoms with Crippen LogP contribution in [0.3, 0.4) is 0 Å². The molecule has 16 heavy (non-hydrogen) atoms. The van der Waals surface area contributed by atoms with E-state index in [1.165, 1.54) is 6.33 Å². The molecule has 0 aromatic carbocycles. The molecule has 0 aliphatic carbocycles. The summed E-state index contributed by atoms with van der Waals surface area (Å²) in [6.45, 7) is 6.42. The van der Waals surface area contributed by atoms with Gasteiger partial charge in [-0.25, -0.2) is 9.97 Å². The summed E-state index contributed by atoms with van der Waals surface area (Å²) in [5.41, 5.74) is 0.999. The van der Waals surface area contributed by atoms with Crippen molar-refractivity contribution in [3.8, 4) is 0 Å². The molecule has 0 aliphatic heterocycles. The molecule has 1 atom stereocenters. The molecular formula is C11H17ClN2OS. The minimum absolute atomic E-state index is 0.198. The van der Waals surface area contributed by atoms with E-state index in [4.69, 9.17) is 16.7 Å². The molecular weight excluding hydrogens is 244 g/mol. The van der Waals surface area contributed by atoms with Crippen LogP contribution in [-0.2, 0) is 0 Å². The Labute approximate surface area is 106 Å². The Morgan fingerprint density at radius 2 is 2.06 bits per heavy atom. The van der Waals surface area contributed by atoms with Gasteiger partial charge in [0.15, 0.2) is 0 Å². The number of aromatic nitrogens is 2. The Balaban J connectivity index is 2.90. The zero-order valence-electron chi connectivity index (χ0n) is 9.77. The highest BCUT2D eigenvalue weighted by molar-refractivity contribution is 7.99. The molecule has 0 amide bonds. The summed E-state index contributed by atoms with van der Waals surface area (Å²) >= 11 is 7.71. The Hall–Kier alpha value is -0.320. The van der Waals surface area contributed by atoms with Crippen LogP contribution in [0.5, 0.6) is 0 Å². The van der Waals surface area contributed by atoms with Crippen molar-refractivity contribution in [2.75, 3.05) is 6.61 Å². The van der Waals surface area contributed by atoms with Crippen LogP contribution in [0, 0.1) is 0 Å². The van der Waals surface area contributed by atoms with Crippen LogP contribution in [0.1, 0.15) is 38.7 Å². The molecule has 3 nitrogen and oxygen atoms in total. The summed E-state index contributed by atoms with van der Waals surface area (Å²) in [5.74, 6) is 0.303. The number of aliphatic hydroxyl groups excluding tert-OH is 1. The van der Waals surface area contributed by atoms with Gasteiger partial charge in [0.2, 0.25) is 0 Å². The first-order valence-corrected chi connectivity index (χ1v) is 6.60. The Kier molecular flexibility index (Phi) is 5.52. The van der Waals surface area contributed by atoms with E-state index in [0.717, 1.165) is 17.0 Å². The molecule has 1 heterocycles. The topological polar surface area (TPSA) is 46.0 Å². The molecule has 1 aromatic rings. The van der Waals surface area contributed by atoms with Crippen LogP contribution >= 0.6 is 23.4 Å². The molecule has 0 aliphatic rings. The average Bonchev–Trinajstić information content (AvgIpc) is 2.17. The summed E-state index contributed by atoms with van der Waals surface area (Å²) < 4.78 is 0. The van der Waals surface area contributed by atoms with Crippen LogP contribution in [0.4, 0.5) is 0 Å². The third-order valence-electron chi connectivity index (χ3n) is 2.22. The van der Waals surface area contributed by atoms with E-state index in [1.54, 1.807) is 11.8 Å². The first-order chi connectivity index (χ1) is 7.56. The van der Waals surface area contributed by atoms with Crippen molar-refractivity contribution in [3.05, 3.63) is 17.0 Å². The lowest BCUT2D eigenvalue weighted by Gasteiger charge is -2.15. The van der Waals surface area contributed by atoms with Crippen LogP contribution in [0.25, 0.3) is 0 Å². The highest BCUT2D eigenvalue weighted by atomic mass is 35.5. The second-order valence-electron chi connectivity index (χ2n) is 3.98. The van der Waals surface area contributed by atoms with Crippen LogP contribution in [0.15, 0.2) is 11.4 Å².